The Morgan fingerprint density at radius 3 is 1.48 bits per heavy atom. The maximum Gasteiger partial charge on any atom is 0.197 e. The second-order valence-corrected chi connectivity index (χ2v) is 6.18. The van der Waals surface area contributed by atoms with Crippen molar-refractivity contribution < 1.29 is 14.4 Å². The fraction of sp³-hybridized carbons (Fsp3) is 0.0417. The highest BCUT2D eigenvalue weighted by Crippen LogP contribution is 2.16. The molecule has 0 aromatic heterocycles. The number of ketones is 3. The fourth-order valence-electron chi connectivity index (χ4n) is 2.66. The van der Waals surface area contributed by atoms with Gasteiger partial charge in [-0.1, -0.05) is 90.5 Å². The summed E-state index contributed by atoms with van der Waals surface area (Å²) in [5, 5.41) is 0. The van der Waals surface area contributed by atoms with Crippen LogP contribution in [0.2, 0.25) is 0 Å². The van der Waals surface area contributed by atoms with E-state index in [0.29, 0.717) is 16.7 Å². The molecule has 132 valence electrons. The zero-order chi connectivity index (χ0) is 19.2. The van der Waals surface area contributed by atoms with E-state index in [2.05, 4.69) is 0 Å². The normalized spacial score (nSPS) is 10.1. The van der Waals surface area contributed by atoms with E-state index in [1.54, 1.807) is 72.8 Å². The molecule has 3 aromatic carbocycles. The Morgan fingerprint density at radius 1 is 0.593 bits per heavy atom. The highest BCUT2D eigenvalue weighted by Gasteiger charge is 2.22. The van der Waals surface area contributed by atoms with E-state index in [0.717, 1.165) is 11.6 Å². The second-order valence-electron chi connectivity index (χ2n) is 6.18. The smallest absolute Gasteiger partial charge is 0.197 e. The van der Waals surface area contributed by atoms with Gasteiger partial charge in [-0.15, -0.1) is 0 Å². The molecule has 0 spiro atoms. The van der Waals surface area contributed by atoms with Gasteiger partial charge < -0.3 is 0 Å². The maximum absolute atomic E-state index is 12.9. The summed E-state index contributed by atoms with van der Waals surface area (Å²) in [6.07, 6.45) is 1.15. The quantitative estimate of drug-likeness (QED) is 0.275. The first-order chi connectivity index (χ1) is 13.1. The summed E-state index contributed by atoms with van der Waals surface area (Å²) in [6.45, 7) is 1.92. The summed E-state index contributed by atoms with van der Waals surface area (Å²) in [6, 6.07) is 24.0. The Kier molecular flexibility index (Phi) is 5.53. The van der Waals surface area contributed by atoms with Crippen LogP contribution in [-0.2, 0) is 0 Å². The number of rotatable bonds is 6. The second kappa shape index (κ2) is 8.19. The lowest BCUT2D eigenvalue weighted by Crippen LogP contribution is -2.15. The van der Waals surface area contributed by atoms with Crippen molar-refractivity contribution in [2.24, 2.45) is 0 Å². The molecule has 0 aliphatic heterocycles. The molecule has 0 N–H and O–H groups in total. The zero-order valence-corrected chi connectivity index (χ0v) is 14.9. The molecule has 0 aliphatic rings. The molecule has 0 atom stereocenters. The molecule has 3 nitrogen and oxygen atoms in total. The van der Waals surface area contributed by atoms with Gasteiger partial charge in [-0.3, -0.25) is 14.4 Å². The Balaban J connectivity index is 2.04. The molecule has 3 rings (SSSR count). The molecule has 0 radical (unpaired) electrons. The van der Waals surface area contributed by atoms with Crippen LogP contribution in [0.3, 0.4) is 0 Å². The van der Waals surface area contributed by atoms with Crippen LogP contribution in [0.4, 0.5) is 0 Å². The summed E-state index contributed by atoms with van der Waals surface area (Å²) in [5.74, 6) is -1.31. The van der Waals surface area contributed by atoms with Crippen molar-refractivity contribution in [3.8, 4) is 0 Å². The van der Waals surface area contributed by atoms with Crippen molar-refractivity contribution in [2.45, 2.75) is 6.92 Å². The molecular weight excluding hydrogens is 336 g/mol. The monoisotopic (exact) mass is 354 g/mol. The third-order valence-electron chi connectivity index (χ3n) is 4.17. The molecule has 0 saturated heterocycles. The van der Waals surface area contributed by atoms with E-state index < -0.39 is 11.6 Å². The van der Waals surface area contributed by atoms with Crippen molar-refractivity contribution in [1.82, 2.24) is 0 Å². The molecule has 0 aliphatic carbocycles. The van der Waals surface area contributed by atoms with Crippen LogP contribution in [0.5, 0.6) is 0 Å². The topological polar surface area (TPSA) is 51.2 Å². The third kappa shape index (κ3) is 4.33. The summed E-state index contributed by atoms with van der Waals surface area (Å²) in [5.41, 5.74) is 2.05. The minimum absolute atomic E-state index is 0.141. The molecular formula is C24H18O3. The minimum atomic E-state index is -0.468. The van der Waals surface area contributed by atoms with Crippen LogP contribution in [0.25, 0.3) is 0 Å². The van der Waals surface area contributed by atoms with Crippen molar-refractivity contribution in [3.05, 3.63) is 119 Å². The molecule has 0 unspecified atom stereocenters. The van der Waals surface area contributed by atoms with Crippen LogP contribution >= 0.6 is 0 Å². The summed E-state index contributed by atoms with van der Waals surface area (Å²) in [7, 11) is 0. The number of hydrogen-bond donors (Lipinski definition) is 0. The molecule has 0 bridgehead atoms. The van der Waals surface area contributed by atoms with Gasteiger partial charge in [-0.25, -0.2) is 0 Å². The zero-order valence-electron chi connectivity index (χ0n) is 14.9. The van der Waals surface area contributed by atoms with Crippen LogP contribution < -0.4 is 0 Å². The van der Waals surface area contributed by atoms with Crippen LogP contribution in [0.1, 0.15) is 36.6 Å². The van der Waals surface area contributed by atoms with Crippen LogP contribution in [-0.4, -0.2) is 17.3 Å². The molecule has 3 heteroatoms. The van der Waals surface area contributed by atoms with E-state index in [1.807, 2.05) is 19.1 Å². The van der Waals surface area contributed by atoms with Gasteiger partial charge >= 0.3 is 0 Å². The average molecular weight is 354 g/mol. The van der Waals surface area contributed by atoms with Crippen LogP contribution in [0.15, 0.2) is 96.6 Å². The first-order valence-electron chi connectivity index (χ1n) is 8.58. The van der Waals surface area contributed by atoms with E-state index in [1.165, 1.54) is 0 Å². The number of aryl methyl sites for hydroxylation is 1. The highest BCUT2D eigenvalue weighted by molar-refractivity contribution is 6.33. The van der Waals surface area contributed by atoms with Gasteiger partial charge in [0.1, 0.15) is 0 Å². The van der Waals surface area contributed by atoms with Gasteiger partial charge in [0.2, 0.25) is 0 Å². The predicted molar refractivity (Wildman–Crippen MR) is 105 cm³/mol. The maximum atomic E-state index is 12.9. The van der Waals surface area contributed by atoms with Gasteiger partial charge in [0.05, 0.1) is 5.57 Å². The first kappa shape index (κ1) is 18.2. The van der Waals surface area contributed by atoms with Gasteiger partial charge in [-0.2, -0.15) is 0 Å². The summed E-state index contributed by atoms with van der Waals surface area (Å²) < 4.78 is 0. The lowest BCUT2D eigenvalue weighted by atomic mass is 9.93. The lowest BCUT2D eigenvalue weighted by molar-refractivity contribution is 0.0948. The Hall–Kier alpha value is -3.59. The fourth-order valence-corrected chi connectivity index (χ4v) is 2.66. The number of allylic oxidation sites excluding steroid dienone is 2. The van der Waals surface area contributed by atoms with Gasteiger partial charge in [0.25, 0.3) is 0 Å². The molecule has 27 heavy (non-hydrogen) atoms. The van der Waals surface area contributed by atoms with Gasteiger partial charge in [0.15, 0.2) is 17.3 Å². The Morgan fingerprint density at radius 2 is 1.04 bits per heavy atom. The molecule has 0 saturated carbocycles. The molecule has 0 amide bonds. The number of benzene rings is 3. The summed E-state index contributed by atoms with van der Waals surface area (Å²) >= 11 is 0. The van der Waals surface area contributed by atoms with E-state index in [4.69, 9.17) is 0 Å². The van der Waals surface area contributed by atoms with E-state index in [-0.39, 0.29) is 11.4 Å². The summed E-state index contributed by atoms with van der Waals surface area (Å²) in [4.78, 5) is 38.5. The average Bonchev–Trinajstić information content (AvgIpc) is 2.72. The number of carbonyl (C=O) groups excluding carboxylic acids is 3. The van der Waals surface area contributed by atoms with E-state index >= 15 is 0 Å². The predicted octanol–water partition coefficient (Wildman–Crippen LogP) is 4.87. The number of Topliss-reactive ketones (excluding diaryl/α,β-unsaturated/α-hetero) is 2. The van der Waals surface area contributed by atoms with Crippen LogP contribution in [0, 0.1) is 6.92 Å². The number of hydrogen-bond acceptors (Lipinski definition) is 3. The SMILES string of the molecule is Cc1ccc(C(=O)C=C(C(=O)c2ccccc2)C(=O)c2ccccc2)cc1. The van der Waals surface area contributed by atoms with Gasteiger partial charge in [0, 0.05) is 22.8 Å². The van der Waals surface area contributed by atoms with Crippen molar-refractivity contribution >= 4 is 17.3 Å². The van der Waals surface area contributed by atoms with Crippen molar-refractivity contribution in [1.29, 1.82) is 0 Å². The Labute approximate surface area is 158 Å². The van der Waals surface area contributed by atoms with Crippen molar-refractivity contribution in [2.75, 3.05) is 0 Å². The lowest BCUT2D eigenvalue weighted by Gasteiger charge is -2.07. The highest BCUT2D eigenvalue weighted by atomic mass is 16.2. The molecule has 0 heterocycles. The molecule has 0 fully saturated rings. The largest absolute Gasteiger partial charge is 0.289 e. The number of carbonyl (C=O) groups is 3. The third-order valence-corrected chi connectivity index (χ3v) is 4.17. The standard InChI is InChI=1S/C24H18O3/c1-17-12-14-18(15-13-17)22(25)16-21(23(26)19-8-4-2-5-9-19)24(27)20-10-6-3-7-11-20/h2-16H,1H3. The van der Waals surface area contributed by atoms with E-state index in [9.17, 15) is 14.4 Å². The molecule has 3 aromatic rings. The minimum Gasteiger partial charge on any atom is -0.289 e. The van der Waals surface area contributed by atoms with Gasteiger partial charge in [-0.05, 0) is 6.92 Å². The van der Waals surface area contributed by atoms with Crippen molar-refractivity contribution in [3.63, 3.8) is 0 Å². The first-order valence-corrected chi connectivity index (χ1v) is 8.58. The Bertz CT molecular complexity index is 945.